The van der Waals surface area contributed by atoms with Crippen molar-refractivity contribution in [3.63, 3.8) is 0 Å². The third-order valence-corrected chi connectivity index (χ3v) is 7.91. The molecule has 7 heteroatoms. The molecule has 0 amide bonds. The molecule has 2 aromatic carbocycles. The van der Waals surface area contributed by atoms with Crippen molar-refractivity contribution in [3.05, 3.63) is 58.7 Å². The highest BCUT2D eigenvalue weighted by atomic mass is 32.2. The van der Waals surface area contributed by atoms with Gasteiger partial charge in [-0.2, -0.15) is 5.26 Å². The van der Waals surface area contributed by atoms with Crippen LogP contribution in [0.2, 0.25) is 0 Å². The monoisotopic (exact) mass is 451 g/mol. The minimum atomic E-state index is -3.28. The summed E-state index contributed by atoms with van der Waals surface area (Å²) in [5.74, 6) is 0.892. The molecule has 1 spiro atoms. The lowest BCUT2D eigenvalue weighted by molar-refractivity contribution is -0.0259. The zero-order valence-electron chi connectivity index (χ0n) is 18.4. The second kappa shape index (κ2) is 8.09. The van der Waals surface area contributed by atoms with Crippen LogP contribution >= 0.6 is 0 Å². The summed E-state index contributed by atoms with van der Waals surface area (Å²) < 4.78 is 32.1. The van der Waals surface area contributed by atoms with E-state index in [0.717, 1.165) is 74.9 Å². The topological polar surface area (TPSA) is 82.4 Å². The fourth-order valence-electron chi connectivity index (χ4n) is 5.56. The molecule has 168 valence electrons. The number of ether oxygens (including phenoxy) is 1. The lowest BCUT2D eigenvalue weighted by Crippen LogP contribution is -2.53. The van der Waals surface area contributed by atoms with E-state index in [1.807, 2.05) is 18.2 Å². The predicted octanol–water partition coefficient (Wildman–Crippen LogP) is 3.65. The number of hydrogen-bond donors (Lipinski definition) is 1. The minimum Gasteiger partial charge on any atom is -0.487 e. The molecular weight excluding hydrogens is 422 g/mol. The van der Waals surface area contributed by atoms with Gasteiger partial charge >= 0.3 is 0 Å². The number of nitrogens with zero attached hydrogens (tertiary/aromatic N) is 2. The molecule has 3 aliphatic rings. The number of anilines is 1. The largest absolute Gasteiger partial charge is 0.487 e. The van der Waals surface area contributed by atoms with Gasteiger partial charge in [-0.15, -0.1) is 0 Å². The number of hydrogen-bond acceptors (Lipinski definition) is 5. The fourth-order valence-corrected chi connectivity index (χ4v) is 6.12. The zero-order valence-corrected chi connectivity index (χ0v) is 19.2. The molecule has 2 aliphatic heterocycles. The van der Waals surface area contributed by atoms with Gasteiger partial charge in [-0.3, -0.25) is 9.62 Å². The first kappa shape index (κ1) is 21.3. The first-order chi connectivity index (χ1) is 15.3. The molecule has 1 saturated heterocycles. The Morgan fingerprint density at radius 3 is 2.62 bits per heavy atom. The lowest BCUT2D eigenvalue weighted by atomic mass is 9.81. The molecule has 0 saturated carbocycles. The van der Waals surface area contributed by atoms with E-state index in [9.17, 15) is 8.42 Å². The zero-order chi connectivity index (χ0) is 22.3. The maximum absolute atomic E-state index is 11.5. The van der Waals surface area contributed by atoms with Crippen LogP contribution < -0.4 is 9.46 Å². The number of sulfonamides is 1. The van der Waals surface area contributed by atoms with Crippen LogP contribution in [-0.2, 0) is 29.3 Å². The quantitative estimate of drug-likeness (QED) is 0.770. The van der Waals surface area contributed by atoms with Crippen LogP contribution in [0.25, 0.3) is 0 Å². The molecule has 0 aromatic heterocycles. The Kier molecular flexibility index (Phi) is 5.39. The van der Waals surface area contributed by atoms with Gasteiger partial charge in [-0.25, -0.2) is 8.42 Å². The second-order valence-electron chi connectivity index (χ2n) is 9.51. The predicted molar refractivity (Wildman–Crippen MR) is 124 cm³/mol. The third kappa shape index (κ3) is 4.35. The van der Waals surface area contributed by atoms with Crippen LogP contribution in [0, 0.1) is 11.3 Å². The molecule has 1 unspecified atom stereocenters. The number of benzene rings is 2. The number of rotatable bonds is 3. The van der Waals surface area contributed by atoms with E-state index in [4.69, 9.17) is 10.00 Å². The Morgan fingerprint density at radius 1 is 1.06 bits per heavy atom. The van der Waals surface area contributed by atoms with E-state index in [0.29, 0.717) is 11.7 Å². The number of likely N-dealkylation sites (tertiary alicyclic amines) is 1. The molecular formula is C25H29N3O3S. The van der Waals surface area contributed by atoms with Crippen LogP contribution in [-0.4, -0.2) is 44.3 Å². The summed E-state index contributed by atoms with van der Waals surface area (Å²) in [6, 6.07) is 14.5. The SMILES string of the molecule is CS(=O)(=O)Nc1ccc2c(c1)CCC1(CCN(C3CCc4cc(C#N)ccc4C3)CC1)O2. The Hall–Kier alpha value is -2.56. The van der Waals surface area contributed by atoms with Gasteiger partial charge in [0.2, 0.25) is 10.0 Å². The summed E-state index contributed by atoms with van der Waals surface area (Å²) in [5, 5.41) is 9.14. The third-order valence-electron chi connectivity index (χ3n) is 7.30. The van der Waals surface area contributed by atoms with E-state index >= 15 is 0 Å². The highest BCUT2D eigenvalue weighted by molar-refractivity contribution is 7.92. The molecule has 32 heavy (non-hydrogen) atoms. The first-order valence-corrected chi connectivity index (χ1v) is 13.3. The number of piperidine rings is 1. The summed E-state index contributed by atoms with van der Waals surface area (Å²) in [6.07, 6.45) is 8.35. The molecule has 1 fully saturated rings. The molecule has 1 aliphatic carbocycles. The van der Waals surface area contributed by atoms with Crippen LogP contribution in [0.3, 0.4) is 0 Å². The lowest BCUT2D eigenvalue weighted by Gasteiger charge is -2.47. The summed E-state index contributed by atoms with van der Waals surface area (Å²) >= 11 is 0. The van der Waals surface area contributed by atoms with Gasteiger partial charge in [-0.1, -0.05) is 6.07 Å². The van der Waals surface area contributed by atoms with E-state index < -0.39 is 10.0 Å². The fraction of sp³-hybridized carbons (Fsp3) is 0.480. The Labute approximate surface area is 190 Å². The summed E-state index contributed by atoms with van der Waals surface area (Å²) in [5.41, 5.74) is 5.06. The minimum absolute atomic E-state index is 0.108. The second-order valence-corrected chi connectivity index (χ2v) is 11.3. The van der Waals surface area contributed by atoms with Gasteiger partial charge in [0.05, 0.1) is 17.9 Å². The Morgan fingerprint density at radius 2 is 1.88 bits per heavy atom. The molecule has 2 heterocycles. The number of fused-ring (bicyclic) bond motifs is 2. The smallest absolute Gasteiger partial charge is 0.229 e. The highest BCUT2D eigenvalue weighted by Crippen LogP contribution is 2.41. The van der Waals surface area contributed by atoms with Gasteiger partial charge in [0, 0.05) is 24.8 Å². The van der Waals surface area contributed by atoms with E-state index in [-0.39, 0.29) is 5.60 Å². The van der Waals surface area contributed by atoms with Gasteiger partial charge < -0.3 is 4.74 Å². The van der Waals surface area contributed by atoms with Crippen LogP contribution in [0.5, 0.6) is 5.75 Å². The molecule has 6 nitrogen and oxygen atoms in total. The van der Waals surface area contributed by atoms with Crippen molar-refractivity contribution in [1.29, 1.82) is 5.26 Å². The van der Waals surface area contributed by atoms with Gasteiger partial charge in [0.1, 0.15) is 11.4 Å². The number of nitrogens with one attached hydrogen (secondary N) is 1. The average molecular weight is 452 g/mol. The summed E-state index contributed by atoms with van der Waals surface area (Å²) in [7, 11) is -3.28. The van der Waals surface area contributed by atoms with E-state index in [1.54, 1.807) is 6.07 Å². The molecule has 0 bridgehead atoms. The molecule has 0 radical (unpaired) electrons. The molecule has 1 atom stereocenters. The van der Waals surface area contributed by atoms with Crippen LogP contribution in [0.15, 0.2) is 36.4 Å². The van der Waals surface area contributed by atoms with E-state index in [1.165, 1.54) is 17.4 Å². The van der Waals surface area contributed by atoms with Crippen LogP contribution in [0.4, 0.5) is 5.69 Å². The maximum Gasteiger partial charge on any atom is 0.229 e. The normalized spacial score (nSPS) is 22.3. The van der Waals surface area contributed by atoms with Crippen molar-refractivity contribution < 1.29 is 13.2 Å². The van der Waals surface area contributed by atoms with Gasteiger partial charge in [0.15, 0.2) is 0 Å². The van der Waals surface area contributed by atoms with Crippen molar-refractivity contribution in [2.24, 2.45) is 0 Å². The van der Waals surface area contributed by atoms with Crippen molar-refractivity contribution in [3.8, 4) is 11.8 Å². The van der Waals surface area contributed by atoms with Crippen molar-refractivity contribution >= 4 is 15.7 Å². The summed E-state index contributed by atoms with van der Waals surface area (Å²) in [4.78, 5) is 2.63. The number of nitriles is 1. The Balaban J connectivity index is 1.22. The van der Waals surface area contributed by atoms with Crippen molar-refractivity contribution in [2.45, 2.75) is 56.6 Å². The van der Waals surface area contributed by atoms with Gasteiger partial charge in [0.25, 0.3) is 0 Å². The van der Waals surface area contributed by atoms with Crippen molar-refractivity contribution in [2.75, 3.05) is 24.1 Å². The van der Waals surface area contributed by atoms with Gasteiger partial charge in [-0.05, 0) is 92.0 Å². The van der Waals surface area contributed by atoms with Crippen molar-refractivity contribution in [1.82, 2.24) is 4.90 Å². The Bertz CT molecular complexity index is 1180. The molecule has 5 rings (SSSR count). The van der Waals surface area contributed by atoms with Crippen LogP contribution in [0.1, 0.15) is 47.9 Å². The first-order valence-electron chi connectivity index (χ1n) is 11.4. The number of aryl methyl sites for hydroxylation is 2. The summed E-state index contributed by atoms with van der Waals surface area (Å²) in [6.45, 7) is 2.08. The molecule has 2 aromatic rings. The highest BCUT2D eigenvalue weighted by Gasteiger charge is 2.41. The standard InChI is InChI=1S/C25H29N3O3S/c1-32(29,30)27-22-5-7-24-21(15-22)8-9-25(31-24)10-12-28(13-11-25)23-6-4-19-14-18(17-26)2-3-20(19)16-23/h2-3,5,7,14-15,23,27H,4,6,8-13,16H2,1H3. The molecule has 1 N–H and O–H groups in total. The average Bonchev–Trinajstić information content (AvgIpc) is 2.78. The van der Waals surface area contributed by atoms with E-state index in [2.05, 4.69) is 27.8 Å². The maximum atomic E-state index is 11.5.